The van der Waals surface area contributed by atoms with E-state index in [9.17, 15) is 9.50 Å². The molecular formula is C22H31FIN3O3. The lowest BCUT2D eigenvalue weighted by molar-refractivity contribution is 0.179. The van der Waals surface area contributed by atoms with Gasteiger partial charge in [0.2, 0.25) is 0 Å². The topological polar surface area (TPSA) is 75.1 Å². The molecule has 166 valence electrons. The SMILES string of the molecule is CCNC(=NCc1ccc(OC)c(F)c1)NCC(O)c1cccc(OC(C)C)c1.I. The van der Waals surface area contributed by atoms with E-state index in [2.05, 4.69) is 15.6 Å². The van der Waals surface area contributed by atoms with Gasteiger partial charge in [-0.2, -0.15) is 0 Å². The molecule has 1 atom stereocenters. The fraction of sp³-hybridized carbons (Fsp3) is 0.409. The zero-order valence-electron chi connectivity index (χ0n) is 17.8. The fourth-order valence-corrected chi connectivity index (χ4v) is 2.70. The van der Waals surface area contributed by atoms with Crippen molar-refractivity contribution in [2.45, 2.75) is 39.5 Å². The summed E-state index contributed by atoms with van der Waals surface area (Å²) < 4.78 is 24.4. The molecule has 0 saturated heterocycles. The predicted molar refractivity (Wildman–Crippen MR) is 128 cm³/mol. The van der Waals surface area contributed by atoms with Crippen LogP contribution in [0.4, 0.5) is 4.39 Å². The molecule has 3 N–H and O–H groups in total. The normalized spacial score (nSPS) is 12.2. The average molecular weight is 531 g/mol. The van der Waals surface area contributed by atoms with E-state index >= 15 is 0 Å². The van der Waals surface area contributed by atoms with Gasteiger partial charge in [0.05, 0.1) is 25.9 Å². The summed E-state index contributed by atoms with van der Waals surface area (Å²) in [5.74, 6) is 1.04. The van der Waals surface area contributed by atoms with Crippen molar-refractivity contribution in [3.05, 3.63) is 59.4 Å². The first-order chi connectivity index (χ1) is 13.9. The van der Waals surface area contributed by atoms with E-state index < -0.39 is 11.9 Å². The summed E-state index contributed by atoms with van der Waals surface area (Å²) in [6.07, 6.45) is -0.663. The van der Waals surface area contributed by atoms with Crippen molar-refractivity contribution in [2.24, 2.45) is 4.99 Å². The molecule has 0 aliphatic rings. The van der Waals surface area contributed by atoms with Crippen LogP contribution in [0.2, 0.25) is 0 Å². The molecule has 0 aliphatic heterocycles. The smallest absolute Gasteiger partial charge is 0.191 e. The maximum absolute atomic E-state index is 13.8. The number of aliphatic hydroxyl groups excluding tert-OH is 1. The molecule has 2 rings (SSSR count). The molecular weight excluding hydrogens is 500 g/mol. The van der Waals surface area contributed by atoms with E-state index in [-0.39, 0.29) is 42.4 Å². The predicted octanol–water partition coefficient (Wildman–Crippen LogP) is 4.03. The zero-order chi connectivity index (χ0) is 21.2. The first kappa shape index (κ1) is 26.0. The number of nitrogens with one attached hydrogen (secondary N) is 2. The summed E-state index contributed by atoms with van der Waals surface area (Å²) in [7, 11) is 1.43. The molecule has 30 heavy (non-hydrogen) atoms. The minimum absolute atomic E-state index is 0. The number of hydrogen-bond donors (Lipinski definition) is 3. The molecule has 0 saturated carbocycles. The molecule has 8 heteroatoms. The summed E-state index contributed by atoms with van der Waals surface area (Å²) in [5, 5.41) is 16.7. The summed E-state index contributed by atoms with van der Waals surface area (Å²) in [4.78, 5) is 4.45. The van der Waals surface area contributed by atoms with Crippen molar-refractivity contribution in [1.29, 1.82) is 0 Å². The van der Waals surface area contributed by atoms with Crippen molar-refractivity contribution >= 4 is 29.9 Å². The van der Waals surface area contributed by atoms with Gasteiger partial charge in [-0.3, -0.25) is 0 Å². The second-order valence-electron chi connectivity index (χ2n) is 6.80. The standard InChI is InChI=1S/C22H30FN3O3.HI/c1-5-24-22(25-13-16-9-10-21(28-4)19(23)11-16)26-14-20(27)17-7-6-8-18(12-17)29-15(2)3;/h6-12,15,20,27H,5,13-14H2,1-4H3,(H2,24,25,26);1H. The van der Waals surface area contributed by atoms with Gasteiger partial charge in [-0.25, -0.2) is 9.38 Å². The minimum atomic E-state index is -0.729. The molecule has 2 aromatic rings. The van der Waals surface area contributed by atoms with Gasteiger partial charge in [0, 0.05) is 13.1 Å². The average Bonchev–Trinajstić information content (AvgIpc) is 2.69. The molecule has 0 amide bonds. The van der Waals surface area contributed by atoms with E-state index in [1.54, 1.807) is 12.1 Å². The lowest BCUT2D eigenvalue weighted by Crippen LogP contribution is -2.39. The summed E-state index contributed by atoms with van der Waals surface area (Å²) in [6.45, 7) is 7.10. The van der Waals surface area contributed by atoms with E-state index in [1.807, 2.05) is 45.0 Å². The highest BCUT2D eigenvalue weighted by atomic mass is 127. The number of aliphatic hydroxyl groups is 1. The van der Waals surface area contributed by atoms with Gasteiger partial charge in [0.25, 0.3) is 0 Å². The van der Waals surface area contributed by atoms with Crippen LogP contribution in [0.1, 0.15) is 38.0 Å². The molecule has 0 bridgehead atoms. The number of rotatable bonds is 9. The third-order valence-corrected chi connectivity index (χ3v) is 4.06. The Morgan fingerprint density at radius 1 is 1.17 bits per heavy atom. The van der Waals surface area contributed by atoms with Crippen LogP contribution in [0.3, 0.4) is 0 Å². The van der Waals surface area contributed by atoms with Crippen molar-refractivity contribution in [3.8, 4) is 11.5 Å². The first-order valence-electron chi connectivity index (χ1n) is 9.72. The van der Waals surface area contributed by atoms with Crippen LogP contribution >= 0.6 is 24.0 Å². The Bertz CT molecular complexity index is 818. The molecule has 2 aromatic carbocycles. The van der Waals surface area contributed by atoms with Gasteiger partial charge >= 0.3 is 0 Å². The lowest BCUT2D eigenvalue weighted by Gasteiger charge is -2.17. The van der Waals surface area contributed by atoms with Gasteiger partial charge in [-0.05, 0) is 56.2 Å². The molecule has 0 aromatic heterocycles. The highest BCUT2D eigenvalue weighted by Gasteiger charge is 2.10. The summed E-state index contributed by atoms with van der Waals surface area (Å²) in [5.41, 5.74) is 1.48. The van der Waals surface area contributed by atoms with Gasteiger partial charge in [-0.15, -0.1) is 24.0 Å². The Kier molecular flexibility index (Phi) is 11.5. The van der Waals surface area contributed by atoms with E-state index in [0.29, 0.717) is 19.0 Å². The second kappa shape index (κ2) is 13.3. The van der Waals surface area contributed by atoms with Crippen LogP contribution < -0.4 is 20.1 Å². The third-order valence-electron chi connectivity index (χ3n) is 4.06. The first-order valence-corrected chi connectivity index (χ1v) is 9.72. The number of guanidine groups is 1. The number of aliphatic imine (C=N–C) groups is 1. The van der Waals surface area contributed by atoms with Crippen molar-refractivity contribution < 1.29 is 19.0 Å². The number of ether oxygens (including phenoxy) is 2. The van der Waals surface area contributed by atoms with Gasteiger partial charge in [-0.1, -0.05) is 18.2 Å². The quantitative estimate of drug-likeness (QED) is 0.259. The maximum Gasteiger partial charge on any atom is 0.191 e. The minimum Gasteiger partial charge on any atom is -0.494 e. The fourth-order valence-electron chi connectivity index (χ4n) is 2.70. The van der Waals surface area contributed by atoms with Crippen LogP contribution in [0, 0.1) is 5.82 Å². The van der Waals surface area contributed by atoms with Gasteiger partial charge < -0.3 is 25.2 Å². The number of methoxy groups -OCH3 is 1. The van der Waals surface area contributed by atoms with E-state index in [0.717, 1.165) is 16.9 Å². The van der Waals surface area contributed by atoms with Gasteiger partial charge in [0.1, 0.15) is 5.75 Å². The molecule has 6 nitrogen and oxygen atoms in total. The Morgan fingerprint density at radius 2 is 1.93 bits per heavy atom. The Balaban J connectivity index is 0.00000450. The summed E-state index contributed by atoms with van der Waals surface area (Å²) in [6, 6.07) is 12.2. The van der Waals surface area contributed by atoms with Crippen LogP contribution in [-0.4, -0.2) is 37.4 Å². The Hall–Kier alpha value is -2.07. The van der Waals surface area contributed by atoms with Crippen molar-refractivity contribution in [1.82, 2.24) is 10.6 Å². The third kappa shape index (κ3) is 8.35. The van der Waals surface area contributed by atoms with Crippen molar-refractivity contribution in [2.75, 3.05) is 20.2 Å². The molecule has 0 heterocycles. The summed E-state index contributed by atoms with van der Waals surface area (Å²) >= 11 is 0. The van der Waals surface area contributed by atoms with E-state index in [4.69, 9.17) is 9.47 Å². The molecule has 0 radical (unpaired) electrons. The van der Waals surface area contributed by atoms with E-state index in [1.165, 1.54) is 13.2 Å². The van der Waals surface area contributed by atoms with Crippen molar-refractivity contribution in [3.63, 3.8) is 0 Å². The van der Waals surface area contributed by atoms with Crippen LogP contribution in [0.15, 0.2) is 47.5 Å². The largest absolute Gasteiger partial charge is 0.494 e. The molecule has 0 aliphatic carbocycles. The van der Waals surface area contributed by atoms with Crippen LogP contribution in [0.25, 0.3) is 0 Å². The molecule has 0 spiro atoms. The Labute approximate surface area is 194 Å². The monoisotopic (exact) mass is 531 g/mol. The highest BCUT2D eigenvalue weighted by molar-refractivity contribution is 14.0. The van der Waals surface area contributed by atoms with Gasteiger partial charge in [0.15, 0.2) is 17.5 Å². The number of nitrogens with zero attached hydrogens (tertiary/aromatic N) is 1. The Morgan fingerprint density at radius 3 is 2.57 bits per heavy atom. The number of hydrogen-bond acceptors (Lipinski definition) is 4. The number of halogens is 2. The maximum atomic E-state index is 13.8. The highest BCUT2D eigenvalue weighted by Crippen LogP contribution is 2.20. The van der Waals surface area contributed by atoms with Crippen LogP contribution in [-0.2, 0) is 6.54 Å². The lowest BCUT2D eigenvalue weighted by atomic mass is 10.1. The number of benzene rings is 2. The van der Waals surface area contributed by atoms with Crippen LogP contribution in [0.5, 0.6) is 11.5 Å². The molecule has 1 unspecified atom stereocenters. The molecule has 0 fully saturated rings. The zero-order valence-corrected chi connectivity index (χ0v) is 20.1. The second-order valence-corrected chi connectivity index (χ2v) is 6.80.